The zero-order valence-electron chi connectivity index (χ0n) is 18.0. The van der Waals surface area contributed by atoms with Crippen molar-refractivity contribution in [2.45, 2.75) is 13.3 Å². The second kappa shape index (κ2) is 8.84. The molecule has 11 heteroatoms. The van der Waals surface area contributed by atoms with Crippen molar-refractivity contribution in [3.05, 3.63) is 75.1 Å². The van der Waals surface area contributed by atoms with E-state index in [2.05, 4.69) is 20.3 Å². The quantitative estimate of drug-likeness (QED) is 0.408. The summed E-state index contributed by atoms with van der Waals surface area (Å²) in [4.78, 5) is 25.7. The largest absolute Gasteiger partial charge is 0.382 e. The van der Waals surface area contributed by atoms with Crippen LogP contribution < -0.4 is 22.3 Å². The van der Waals surface area contributed by atoms with Gasteiger partial charge in [-0.05, 0) is 36.8 Å². The van der Waals surface area contributed by atoms with E-state index >= 15 is 0 Å². The van der Waals surface area contributed by atoms with Crippen molar-refractivity contribution in [1.29, 1.82) is 10.5 Å². The van der Waals surface area contributed by atoms with Gasteiger partial charge in [0.1, 0.15) is 34.6 Å². The maximum Gasteiger partial charge on any atom is 0.266 e. The first-order valence-electron chi connectivity index (χ1n) is 10.1. The Hall–Kier alpha value is -5.03. The summed E-state index contributed by atoms with van der Waals surface area (Å²) in [6, 6.07) is 13.2. The first-order chi connectivity index (χ1) is 16.3. The smallest absolute Gasteiger partial charge is 0.266 e. The highest BCUT2D eigenvalue weighted by atomic mass is 19.1. The second-order valence-corrected chi connectivity index (χ2v) is 7.40. The Morgan fingerprint density at radius 3 is 2.65 bits per heavy atom. The number of benzene rings is 2. The van der Waals surface area contributed by atoms with Crippen LogP contribution in [0.1, 0.15) is 22.5 Å². The van der Waals surface area contributed by atoms with Crippen LogP contribution in [-0.2, 0) is 6.42 Å². The normalized spacial score (nSPS) is 10.6. The van der Waals surface area contributed by atoms with Crippen molar-refractivity contribution >= 4 is 28.5 Å². The van der Waals surface area contributed by atoms with Gasteiger partial charge >= 0.3 is 0 Å². The minimum absolute atomic E-state index is 0.0291. The number of hydrogen-bond donors (Lipinski definition) is 3. The van der Waals surface area contributed by atoms with Gasteiger partial charge in [0, 0.05) is 13.0 Å². The van der Waals surface area contributed by atoms with E-state index in [1.54, 1.807) is 31.2 Å². The Morgan fingerprint density at radius 1 is 1.12 bits per heavy atom. The van der Waals surface area contributed by atoms with Crippen molar-refractivity contribution in [3.8, 4) is 17.8 Å². The van der Waals surface area contributed by atoms with Gasteiger partial charge in [-0.2, -0.15) is 20.5 Å². The molecule has 0 radical (unpaired) electrons. The molecule has 0 saturated heterocycles. The molecule has 4 aromatic rings. The third-order valence-corrected chi connectivity index (χ3v) is 5.19. The van der Waals surface area contributed by atoms with Gasteiger partial charge in [-0.15, -0.1) is 0 Å². The lowest BCUT2D eigenvalue weighted by Gasteiger charge is -2.16. The van der Waals surface area contributed by atoms with E-state index in [9.17, 15) is 19.7 Å². The van der Waals surface area contributed by atoms with E-state index < -0.39 is 11.4 Å². The molecule has 168 valence electrons. The molecule has 4 rings (SSSR count). The first-order valence-corrected chi connectivity index (χ1v) is 10.1. The van der Waals surface area contributed by atoms with Crippen LogP contribution in [0.3, 0.4) is 0 Å². The number of nitrogen functional groups attached to an aromatic ring is 2. The molecule has 0 spiro atoms. The molecule has 0 bridgehead atoms. The highest BCUT2D eigenvalue weighted by molar-refractivity contribution is 5.82. The van der Waals surface area contributed by atoms with Gasteiger partial charge in [0.25, 0.3) is 5.56 Å². The Bertz CT molecular complexity index is 1580. The summed E-state index contributed by atoms with van der Waals surface area (Å²) in [7, 11) is 0. The lowest BCUT2D eigenvalue weighted by Crippen LogP contribution is -2.26. The molecule has 5 N–H and O–H groups in total. The lowest BCUT2D eigenvalue weighted by atomic mass is 10.1. The summed E-state index contributed by atoms with van der Waals surface area (Å²) in [6.45, 7) is 1.86. The fourth-order valence-electron chi connectivity index (χ4n) is 3.63. The molecule has 0 aliphatic heterocycles. The topological polar surface area (TPSA) is 172 Å². The maximum atomic E-state index is 14.6. The van der Waals surface area contributed by atoms with Gasteiger partial charge in [-0.25, -0.2) is 9.37 Å². The zero-order valence-corrected chi connectivity index (χ0v) is 18.0. The molecule has 2 aromatic carbocycles. The van der Waals surface area contributed by atoms with Crippen LogP contribution in [0.4, 0.5) is 22.0 Å². The highest BCUT2D eigenvalue weighted by Crippen LogP contribution is 2.21. The van der Waals surface area contributed by atoms with Gasteiger partial charge in [0.05, 0.1) is 22.7 Å². The third kappa shape index (κ3) is 3.94. The third-order valence-electron chi connectivity index (χ3n) is 5.19. The molecule has 2 heterocycles. The fraction of sp³-hybridized carbons (Fsp3) is 0.130. The maximum absolute atomic E-state index is 14.6. The van der Waals surface area contributed by atoms with Gasteiger partial charge < -0.3 is 16.8 Å². The zero-order chi connectivity index (χ0) is 24.4. The van der Waals surface area contributed by atoms with Crippen molar-refractivity contribution in [3.63, 3.8) is 0 Å². The van der Waals surface area contributed by atoms with Crippen LogP contribution in [0.5, 0.6) is 0 Å². The molecular weight excluding hydrogens is 437 g/mol. The Morgan fingerprint density at radius 2 is 1.91 bits per heavy atom. The van der Waals surface area contributed by atoms with Crippen molar-refractivity contribution < 1.29 is 4.39 Å². The summed E-state index contributed by atoms with van der Waals surface area (Å²) >= 11 is 0. The molecule has 0 saturated carbocycles. The number of aromatic nitrogens is 4. The number of nitriles is 2. The molecule has 10 nitrogen and oxygen atoms in total. The summed E-state index contributed by atoms with van der Waals surface area (Å²) in [5.41, 5.74) is 12.3. The molecule has 34 heavy (non-hydrogen) atoms. The average molecular weight is 455 g/mol. The van der Waals surface area contributed by atoms with Crippen LogP contribution in [0, 0.1) is 35.4 Å². The number of nitrogens with zero attached hydrogens (tertiary/aromatic N) is 6. The van der Waals surface area contributed by atoms with Crippen LogP contribution in [0.25, 0.3) is 16.6 Å². The van der Waals surface area contributed by atoms with E-state index in [1.807, 2.05) is 12.1 Å². The van der Waals surface area contributed by atoms with Crippen LogP contribution in [0.15, 0.2) is 41.2 Å². The van der Waals surface area contributed by atoms with E-state index in [-0.39, 0.29) is 52.8 Å². The number of rotatable bonds is 5. The molecule has 0 aliphatic carbocycles. The average Bonchev–Trinajstić information content (AvgIpc) is 2.81. The lowest BCUT2D eigenvalue weighted by molar-refractivity contribution is 0.633. The standard InChI is InChI=1S/C23H18FN9O/c1-12-5-6-16(24)19-18(12)22(34)33(14-4-2-3-13(9-14)10-25)17(30-19)7-8-29-21-15(11-26)20(27)31-23(28)32-21/h2-6,9H,7-8H2,1H3,(H5,27,28,29,31,32). The first kappa shape index (κ1) is 22.2. The molecule has 0 fully saturated rings. The highest BCUT2D eigenvalue weighted by Gasteiger charge is 2.18. The van der Waals surface area contributed by atoms with Crippen molar-refractivity contribution in [1.82, 2.24) is 19.5 Å². The van der Waals surface area contributed by atoms with Crippen LogP contribution in [0.2, 0.25) is 0 Å². The number of hydrogen-bond acceptors (Lipinski definition) is 9. The van der Waals surface area contributed by atoms with E-state index in [4.69, 9.17) is 11.5 Å². The molecular formula is C23H18FN9O. The predicted octanol–water partition coefficient (Wildman–Crippen LogP) is 2.19. The second-order valence-electron chi connectivity index (χ2n) is 7.40. The fourth-order valence-corrected chi connectivity index (χ4v) is 3.63. The summed E-state index contributed by atoms with van der Waals surface area (Å²) in [5, 5.41) is 21.7. The Kier molecular flexibility index (Phi) is 5.77. The SMILES string of the molecule is Cc1ccc(F)c2nc(CCNc3nc(N)nc(N)c3C#N)n(-c3cccc(C#N)c3)c(=O)c12. The van der Waals surface area contributed by atoms with E-state index in [1.165, 1.54) is 16.7 Å². The molecule has 0 aliphatic rings. The Labute approximate surface area is 192 Å². The summed E-state index contributed by atoms with van der Waals surface area (Å²) < 4.78 is 16.0. The van der Waals surface area contributed by atoms with Gasteiger partial charge in [0.15, 0.2) is 5.82 Å². The Balaban J connectivity index is 1.82. The summed E-state index contributed by atoms with van der Waals surface area (Å²) in [6.07, 6.45) is 0.143. The monoisotopic (exact) mass is 455 g/mol. The minimum atomic E-state index is -0.618. The molecule has 0 unspecified atom stereocenters. The summed E-state index contributed by atoms with van der Waals surface area (Å²) in [5.74, 6) is -0.406. The number of anilines is 3. The van der Waals surface area contributed by atoms with Gasteiger partial charge in [0.2, 0.25) is 5.95 Å². The predicted molar refractivity (Wildman–Crippen MR) is 125 cm³/mol. The van der Waals surface area contributed by atoms with E-state index in [0.29, 0.717) is 16.8 Å². The molecule has 2 aromatic heterocycles. The van der Waals surface area contributed by atoms with Crippen LogP contribution >= 0.6 is 0 Å². The molecule has 0 amide bonds. The molecule has 0 atom stereocenters. The van der Waals surface area contributed by atoms with Crippen LogP contribution in [-0.4, -0.2) is 26.1 Å². The van der Waals surface area contributed by atoms with Crippen molar-refractivity contribution in [2.75, 3.05) is 23.3 Å². The minimum Gasteiger partial charge on any atom is -0.382 e. The van der Waals surface area contributed by atoms with E-state index in [0.717, 1.165) is 0 Å². The van der Waals surface area contributed by atoms with Crippen molar-refractivity contribution in [2.24, 2.45) is 0 Å². The number of nitrogens with two attached hydrogens (primary N) is 2. The number of aryl methyl sites for hydroxylation is 1. The van der Waals surface area contributed by atoms with Gasteiger partial charge in [-0.1, -0.05) is 12.1 Å². The van der Waals surface area contributed by atoms with Gasteiger partial charge in [-0.3, -0.25) is 9.36 Å². The number of nitrogens with one attached hydrogen (secondary N) is 1. The number of halogens is 1. The number of fused-ring (bicyclic) bond motifs is 1.